The van der Waals surface area contributed by atoms with Gasteiger partial charge >= 0.3 is 0 Å². The number of rotatable bonds is 4. The summed E-state index contributed by atoms with van der Waals surface area (Å²) in [6.45, 7) is 0. The zero-order chi connectivity index (χ0) is 12.3. The van der Waals surface area contributed by atoms with Gasteiger partial charge in [-0.1, -0.05) is 16.8 Å². The Morgan fingerprint density at radius 2 is 2.18 bits per heavy atom. The van der Waals surface area contributed by atoms with Crippen molar-refractivity contribution in [3.8, 4) is 11.4 Å². The van der Waals surface area contributed by atoms with E-state index in [9.17, 15) is 4.39 Å². The molecule has 0 bridgehead atoms. The minimum atomic E-state index is -0.399. The zero-order valence-corrected chi connectivity index (χ0v) is 10.3. The molecule has 0 unspecified atom stereocenters. The summed E-state index contributed by atoms with van der Waals surface area (Å²) in [7, 11) is 0. The second-order valence-corrected chi connectivity index (χ2v) is 4.21. The fourth-order valence-electron chi connectivity index (χ4n) is 1.35. The van der Waals surface area contributed by atoms with Gasteiger partial charge in [0.2, 0.25) is 11.7 Å². The lowest BCUT2D eigenvalue weighted by atomic mass is 10.2. The monoisotopic (exact) mass is 274 g/mol. The highest BCUT2D eigenvalue weighted by molar-refractivity contribution is 6.33. The summed E-state index contributed by atoms with van der Waals surface area (Å²) < 4.78 is 17.9. The quantitative estimate of drug-likeness (QED) is 0.798. The molecule has 0 radical (unpaired) electrons. The van der Waals surface area contributed by atoms with E-state index in [1.807, 2.05) is 0 Å². The number of aromatic nitrogens is 2. The zero-order valence-electron chi connectivity index (χ0n) is 8.79. The van der Waals surface area contributed by atoms with Crippen LogP contribution in [-0.4, -0.2) is 16.0 Å². The predicted molar refractivity (Wildman–Crippen MR) is 63.7 cm³/mol. The Labute approximate surface area is 108 Å². The number of benzene rings is 1. The molecule has 0 spiro atoms. The van der Waals surface area contributed by atoms with E-state index >= 15 is 0 Å². The number of hydrogen-bond acceptors (Lipinski definition) is 3. The molecule has 0 atom stereocenters. The fraction of sp³-hybridized carbons (Fsp3) is 0.273. The first-order chi connectivity index (χ1) is 8.20. The number of alkyl halides is 1. The van der Waals surface area contributed by atoms with E-state index in [1.54, 1.807) is 0 Å². The van der Waals surface area contributed by atoms with Gasteiger partial charge in [-0.05, 0) is 24.6 Å². The van der Waals surface area contributed by atoms with Crippen molar-refractivity contribution in [2.24, 2.45) is 0 Å². The van der Waals surface area contributed by atoms with Crippen LogP contribution in [0.3, 0.4) is 0 Å². The topological polar surface area (TPSA) is 38.9 Å². The summed E-state index contributed by atoms with van der Waals surface area (Å²) >= 11 is 11.5. The van der Waals surface area contributed by atoms with Crippen molar-refractivity contribution >= 4 is 23.2 Å². The Morgan fingerprint density at radius 1 is 1.35 bits per heavy atom. The maximum atomic E-state index is 12.9. The lowest BCUT2D eigenvalue weighted by Crippen LogP contribution is -1.87. The average Bonchev–Trinajstić information content (AvgIpc) is 2.75. The van der Waals surface area contributed by atoms with Crippen LogP contribution in [0.5, 0.6) is 0 Å². The van der Waals surface area contributed by atoms with Crippen LogP contribution in [0.4, 0.5) is 4.39 Å². The minimum absolute atomic E-state index is 0.259. The lowest BCUT2D eigenvalue weighted by Gasteiger charge is -1.97. The number of nitrogens with zero attached hydrogens (tertiary/aromatic N) is 2. The maximum absolute atomic E-state index is 12.9. The second kappa shape index (κ2) is 5.47. The van der Waals surface area contributed by atoms with Gasteiger partial charge < -0.3 is 4.52 Å². The van der Waals surface area contributed by atoms with Gasteiger partial charge in [0.05, 0.1) is 5.02 Å². The molecule has 0 saturated heterocycles. The van der Waals surface area contributed by atoms with E-state index in [0.29, 0.717) is 29.6 Å². The van der Waals surface area contributed by atoms with Crippen LogP contribution in [0.15, 0.2) is 22.7 Å². The molecule has 3 nitrogen and oxygen atoms in total. The first kappa shape index (κ1) is 12.3. The van der Waals surface area contributed by atoms with E-state index in [2.05, 4.69) is 10.1 Å². The van der Waals surface area contributed by atoms with Crippen LogP contribution < -0.4 is 0 Å². The first-order valence-electron chi connectivity index (χ1n) is 5.04. The number of halogens is 3. The highest BCUT2D eigenvalue weighted by atomic mass is 35.5. The van der Waals surface area contributed by atoms with Crippen molar-refractivity contribution in [2.45, 2.75) is 12.8 Å². The molecule has 1 aromatic carbocycles. The third kappa shape index (κ3) is 2.96. The first-order valence-corrected chi connectivity index (χ1v) is 5.96. The Bertz CT molecular complexity index is 516. The van der Waals surface area contributed by atoms with Crippen LogP contribution in [0, 0.1) is 5.82 Å². The summed E-state index contributed by atoms with van der Waals surface area (Å²) in [6, 6.07) is 4.04. The molecule has 0 amide bonds. The molecule has 0 aliphatic carbocycles. The predicted octanol–water partition coefficient (Wildman–Crippen LogP) is 3.70. The summed E-state index contributed by atoms with van der Waals surface area (Å²) in [6.07, 6.45) is 1.38. The Kier molecular flexibility index (Phi) is 3.97. The van der Waals surface area contributed by atoms with E-state index in [4.69, 9.17) is 27.7 Å². The van der Waals surface area contributed by atoms with Gasteiger partial charge in [0.1, 0.15) is 5.82 Å². The largest absolute Gasteiger partial charge is 0.339 e. The molecule has 0 saturated carbocycles. The van der Waals surface area contributed by atoms with Gasteiger partial charge in [-0.15, -0.1) is 11.6 Å². The van der Waals surface area contributed by atoms with Crippen LogP contribution in [0.25, 0.3) is 11.4 Å². The highest BCUT2D eigenvalue weighted by Gasteiger charge is 2.12. The summed E-state index contributed by atoms with van der Waals surface area (Å²) in [5, 5.41) is 4.05. The molecule has 90 valence electrons. The van der Waals surface area contributed by atoms with Gasteiger partial charge in [-0.25, -0.2) is 4.39 Å². The molecule has 0 aliphatic heterocycles. The molecule has 0 aliphatic rings. The van der Waals surface area contributed by atoms with Crippen LogP contribution in [0.2, 0.25) is 5.02 Å². The molecular formula is C11H9Cl2FN2O. The van der Waals surface area contributed by atoms with Crippen LogP contribution >= 0.6 is 23.2 Å². The van der Waals surface area contributed by atoms with Gasteiger partial charge in [-0.2, -0.15) is 4.98 Å². The van der Waals surface area contributed by atoms with E-state index in [-0.39, 0.29) is 5.02 Å². The van der Waals surface area contributed by atoms with Crippen LogP contribution in [-0.2, 0) is 6.42 Å². The molecular weight excluding hydrogens is 266 g/mol. The fourth-order valence-corrected chi connectivity index (χ4v) is 1.74. The Balaban J connectivity index is 2.24. The van der Waals surface area contributed by atoms with Crippen molar-refractivity contribution in [3.05, 3.63) is 34.9 Å². The van der Waals surface area contributed by atoms with Crippen molar-refractivity contribution in [1.29, 1.82) is 0 Å². The SMILES string of the molecule is Fc1ccc(-c2noc(CCCCl)n2)c(Cl)c1. The molecule has 6 heteroatoms. The van der Waals surface area contributed by atoms with Crippen molar-refractivity contribution in [1.82, 2.24) is 10.1 Å². The summed E-state index contributed by atoms with van der Waals surface area (Å²) in [5.41, 5.74) is 0.550. The summed E-state index contributed by atoms with van der Waals surface area (Å²) in [4.78, 5) is 4.17. The molecule has 2 aromatic rings. The maximum Gasteiger partial charge on any atom is 0.227 e. The lowest BCUT2D eigenvalue weighted by molar-refractivity contribution is 0.378. The Morgan fingerprint density at radius 3 is 2.88 bits per heavy atom. The second-order valence-electron chi connectivity index (χ2n) is 3.43. The van der Waals surface area contributed by atoms with Gasteiger partial charge in [-0.3, -0.25) is 0 Å². The van der Waals surface area contributed by atoms with Gasteiger partial charge in [0.25, 0.3) is 0 Å². The average molecular weight is 275 g/mol. The van der Waals surface area contributed by atoms with E-state index in [1.165, 1.54) is 18.2 Å². The number of hydrogen-bond donors (Lipinski definition) is 0. The Hall–Kier alpha value is -1.13. The standard InChI is InChI=1S/C11H9Cl2FN2O/c12-5-1-2-10-15-11(16-17-10)8-4-3-7(14)6-9(8)13/h3-4,6H,1-2,5H2. The van der Waals surface area contributed by atoms with Crippen molar-refractivity contribution in [2.75, 3.05) is 5.88 Å². The van der Waals surface area contributed by atoms with Gasteiger partial charge in [0, 0.05) is 17.9 Å². The van der Waals surface area contributed by atoms with Crippen LogP contribution in [0.1, 0.15) is 12.3 Å². The molecule has 17 heavy (non-hydrogen) atoms. The van der Waals surface area contributed by atoms with E-state index in [0.717, 1.165) is 6.42 Å². The van der Waals surface area contributed by atoms with E-state index < -0.39 is 5.82 Å². The van der Waals surface area contributed by atoms with Gasteiger partial charge in [0.15, 0.2) is 0 Å². The smallest absolute Gasteiger partial charge is 0.227 e. The molecule has 1 aromatic heterocycles. The molecule has 0 N–H and O–H groups in total. The third-order valence-electron chi connectivity index (χ3n) is 2.16. The highest BCUT2D eigenvalue weighted by Crippen LogP contribution is 2.26. The molecule has 0 fully saturated rings. The molecule has 1 heterocycles. The summed E-state index contributed by atoms with van der Waals surface area (Å²) in [5.74, 6) is 1.000. The van der Waals surface area contributed by atoms with Crippen molar-refractivity contribution in [3.63, 3.8) is 0 Å². The molecule has 2 rings (SSSR count). The third-order valence-corrected chi connectivity index (χ3v) is 2.74. The van der Waals surface area contributed by atoms with Crippen molar-refractivity contribution < 1.29 is 8.91 Å². The normalized spacial score (nSPS) is 10.8. The number of aryl methyl sites for hydroxylation is 1. The minimum Gasteiger partial charge on any atom is -0.339 e.